The number of ether oxygens (including phenoxy) is 1. The van der Waals surface area contributed by atoms with Crippen LogP contribution in [0.3, 0.4) is 0 Å². The van der Waals surface area contributed by atoms with Crippen LogP contribution in [0.5, 0.6) is 0 Å². The van der Waals surface area contributed by atoms with Gasteiger partial charge in [0.15, 0.2) is 0 Å². The van der Waals surface area contributed by atoms with Crippen LogP contribution in [-0.2, 0) is 4.74 Å². The molecule has 1 aromatic heterocycles. The Morgan fingerprint density at radius 1 is 1.09 bits per heavy atom. The summed E-state index contributed by atoms with van der Waals surface area (Å²) in [5.74, 6) is -0.467. The van der Waals surface area contributed by atoms with Gasteiger partial charge in [-0.2, -0.15) is 15.0 Å². The van der Waals surface area contributed by atoms with Gasteiger partial charge >= 0.3 is 0 Å². The minimum Gasteiger partial charge on any atom is -0.379 e. The lowest BCUT2D eigenvalue weighted by atomic mass is 10.1. The summed E-state index contributed by atoms with van der Waals surface area (Å²) >= 11 is 0. The van der Waals surface area contributed by atoms with E-state index >= 15 is 0 Å². The predicted molar refractivity (Wildman–Crippen MR) is 120 cm³/mol. The van der Waals surface area contributed by atoms with Crippen molar-refractivity contribution in [1.82, 2.24) is 20.0 Å². The van der Waals surface area contributed by atoms with E-state index in [1.54, 1.807) is 24.3 Å². The van der Waals surface area contributed by atoms with Gasteiger partial charge in [-0.05, 0) is 18.2 Å². The highest BCUT2D eigenvalue weighted by atomic mass is 16.5. The summed E-state index contributed by atoms with van der Waals surface area (Å²) in [6.45, 7) is 4.10. The molecule has 1 aliphatic heterocycles. The second-order valence-electron chi connectivity index (χ2n) is 7.37. The lowest BCUT2D eigenvalue weighted by Gasteiger charge is -2.26. The fourth-order valence-corrected chi connectivity index (χ4v) is 3.57. The molecular weight excluding hydrogens is 406 g/mol. The average Bonchev–Trinajstić information content (AvgIpc) is 2.85. The van der Waals surface area contributed by atoms with Crippen LogP contribution in [0.25, 0.3) is 16.9 Å². The number of hydrogen-bond donors (Lipinski definition) is 1. The van der Waals surface area contributed by atoms with Crippen molar-refractivity contribution in [2.24, 2.45) is 0 Å². The summed E-state index contributed by atoms with van der Waals surface area (Å²) in [4.78, 5) is 28.4. The topological polar surface area (TPSA) is 100 Å². The highest BCUT2D eigenvalue weighted by Gasteiger charge is 2.19. The van der Waals surface area contributed by atoms with Crippen LogP contribution >= 0.6 is 0 Å². The van der Waals surface area contributed by atoms with Crippen LogP contribution in [0.1, 0.15) is 15.9 Å². The van der Waals surface area contributed by atoms with Crippen LogP contribution in [0.2, 0.25) is 0 Å². The van der Waals surface area contributed by atoms with Crippen LogP contribution in [0, 0.1) is 11.3 Å². The Morgan fingerprint density at radius 3 is 2.56 bits per heavy atom. The Balaban J connectivity index is 1.68. The van der Waals surface area contributed by atoms with Crippen LogP contribution in [0.4, 0.5) is 0 Å². The van der Waals surface area contributed by atoms with Crippen molar-refractivity contribution in [3.63, 3.8) is 0 Å². The molecule has 1 aliphatic rings. The summed E-state index contributed by atoms with van der Waals surface area (Å²) in [6, 6.07) is 19.6. The third-order valence-corrected chi connectivity index (χ3v) is 5.30. The Labute approximate surface area is 185 Å². The van der Waals surface area contributed by atoms with Crippen LogP contribution in [-0.4, -0.2) is 60.0 Å². The molecule has 0 saturated carbocycles. The molecular formula is C24H23N5O3. The van der Waals surface area contributed by atoms with Gasteiger partial charge in [-0.25, -0.2) is 0 Å². The zero-order valence-electron chi connectivity index (χ0n) is 17.5. The molecule has 162 valence electrons. The van der Waals surface area contributed by atoms with E-state index < -0.39 is 11.5 Å². The lowest BCUT2D eigenvalue weighted by molar-refractivity contribution is 0.0383. The SMILES string of the molecule is N#Cc1ccccc1-n1nc(-c2ccccc2)cc(C(=O)NCCN2CCOCC2)c1=O. The summed E-state index contributed by atoms with van der Waals surface area (Å²) in [5, 5.41) is 16.8. The summed E-state index contributed by atoms with van der Waals surface area (Å²) in [7, 11) is 0. The highest BCUT2D eigenvalue weighted by molar-refractivity contribution is 5.94. The zero-order chi connectivity index (χ0) is 22.3. The lowest BCUT2D eigenvalue weighted by Crippen LogP contribution is -2.42. The second-order valence-corrected chi connectivity index (χ2v) is 7.37. The van der Waals surface area contributed by atoms with Gasteiger partial charge in [-0.3, -0.25) is 14.5 Å². The first kappa shape index (κ1) is 21.4. The van der Waals surface area contributed by atoms with E-state index in [9.17, 15) is 14.9 Å². The molecule has 0 radical (unpaired) electrons. The number of carbonyl (C=O) groups excluding carboxylic acids is 1. The first-order valence-corrected chi connectivity index (χ1v) is 10.4. The molecule has 32 heavy (non-hydrogen) atoms. The number of rotatable bonds is 6. The van der Waals surface area contributed by atoms with E-state index in [2.05, 4.69) is 21.4 Å². The molecule has 1 saturated heterocycles. The standard InChI is InChI=1S/C24H23N5O3/c25-17-19-8-4-5-9-22(19)29-24(31)20(16-21(27-29)18-6-2-1-3-7-18)23(30)26-10-11-28-12-14-32-15-13-28/h1-9,16H,10-15H2,(H,26,30). The number of morpholine rings is 1. The molecule has 0 bridgehead atoms. The van der Waals surface area contributed by atoms with Gasteiger partial charge in [0.05, 0.1) is 30.2 Å². The van der Waals surface area contributed by atoms with Gasteiger partial charge in [-0.15, -0.1) is 0 Å². The third-order valence-electron chi connectivity index (χ3n) is 5.30. The smallest absolute Gasteiger partial charge is 0.284 e. The van der Waals surface area contributed by atoms with E-state index in [0.29, 0.717) is 43.2 Å². The Kier molecular flexibility index (Phi) is 6.70. The molecule has 3 aromatic rings. The van der Waals surface area contributed by atoms with Crippen molar-refractivity contribution >= 4 is 5.91 Å². The quantitative estimate of drug-likeness (QED) is 0.642. The maximum atomic E-state index is 13.2. The largest absolute Gasteiger partial charge is 0.379 e. The average molecular weight is 429 g/mol. The maximum absolute atomic E-state index is 13.2. The Hall–Kier alpha value is -3.80. The summed E-state index contributed by atoms with van der Waals surface area (Å²) in [6.07, 6.45) is 0. The number of nitrogens with one attached hydrogen (secondary N) is 1. The van der Waals surface area contributed by atoms with Gasteiger partial charge in [0.1, 0.15) is 11.6 Å². The molecule has 0 unspecified atom stereocenters. The molecule has 0 spiro atoms. The summed E-state index contributed by atoms with van der Waals surface area (Å²) in [5.41, 5.74) is 1.27. The van der Waals surface area contributed by atoms with Crippen LogP contribution in [0.15, 0.2) is 65.5 Å². The molecule has 8 nitrogen and oxygen atoms in total. The fourth-order valence-electron chi connectivity index (χ4n) is 3.57. The molecule has 4 rings (SSSR count). The second kappa shape index (κ2) is 10.0. The van der Waals surface area contributed by atoms with E-state index in [1.165, 1.54) is 6.07 Å². The normalized spacial score (nSPS) is 14.0. The monoisotopic (exact) mass is 429 g/mol. The van der Waals surface area contributed by atoms with Crippen molar-refractivity contribution in [3.05, 3.63) is 82.1 Å². The minimum absolute atomic E-state index is 0.0198. The number of nitriles is 1. The van der Waals surface area contributed by atoms with Crippen molar-refractivity contribution in [2.45, 2.75) is 0 Å². The molecule has 1 fully saturated rings. The van der Waals surface area contributed by atoms with Crippen molar-refractivity contribution in [3.8, 4) is 23.0 Å². The van der Waals surface area contributed by atoms with Crippen LogP contribution < -0.4 is 10.9 Å². The van der Waals surface area contributed by atoms with E-state index in [4.69, 9.17) is 4.74 Å². The zero-order valence-corrected chi connectivity index (χ0v) is 17.5. The number of amides is 1. The Bertz CT molecular complexity index is 1190. The molecule has 2 aromatic carbocycles. The van der Waals surface area contributed by atoms with Gasteiger partial charge in [0, 0.05) is 31.7 Å². The molecule has 0 atom stereocenters. The maximum Gasteiger partial charge on any atom is 0.284 e. The van der Waals surface area contributed by atoms with Crippen molar-refractivity contribution in [2.75, 3.05) is 39.4 Å². The minimum atomic E-state index is -0.573. The van der Waals surface area contributed by atoms with E-state index in [0.717, 1.165) is 23.3 Å². The molecule has 1 N–H and O–H groups in total. The van der Waals surface area contributed by atoms with Gasteiger partial charge in [-0.1, -0.05) is 42.5 Å². The first-order chi connectivity index (χ1) is 15.7. The number of aromatic nitrogens is 2. The molecule has 2 heterocycles. The van der Waals surface area contributed by atoms with Gasteiger partial charge < -0.3 is 10.1 Å². The molecule has 1 amide bonds. The first-order valence-electron chi connectivity index (χ1n) is 10.4. The number of hydrogen-bond acceptors (Lipinski definition) is 6. The van der Waals surface area contributed by atoms with E-state index in [-0.39, 0.29) is 5.56 Å². The Morgan fingerprint density at radius 2 is 1.81 bits per heavy atom. The predicted octanol–water partition coefficient (Wildman–Crippen LogP) is 1.83. The highest BCUT2D eigenvalue weighted by Crippen LogP contribution is 2.18. The molecule has 8 heteroatoms. The van der Waals surface area contributed by atoms with Crippen molar-refractivity contribution < 1.29 is 9.53 Å². The summed E-state index contributed by atoms with van der Waals surface area (Å²) < 4.78 is 6.48. The molecule has 0 aliphatic carbocycles. The van der Waals surface area contributed by atoms with Crippen molar-refractivity contribution in [1.29, 1.82) is 5.26 Å². The number of carbonyl (C=O) groups is 1. The third kappa shape index (κ3) is 4.75. The van der Waals surface area contributed by atoms with Gasteiger partial charge in [0.25, 0.3) is 11.5 Å². The van der Waals surface area contributed by atoms with E-state index in [1.807, 2.05) is 30.3 Å². The number of nitrogens with zero attached hydrogens (tertiary/aromatic N) is 4. The number of benzene rings is 2. The van der Waals surface area contributed by atoms with Gasteiger partial charge in [0.2, 0.25) is 0 Å². The number of para-hydroxylation sites is 1. The fraction of sp³-hybridized carbons (Fsp3) is 0.250.